The van der Waals surface area contributed by atoms with Gasteiger partial charge in [0, 0.05) is 25.8 Å². The van der Waals surface area contributed by atoms with E-state index in [0.717, 1.165) is 23.4 Å². The molecule has 1 aliphatic rings. The van der Waals surface area contributed by atoms with Crippen molar-refractivity contribution in [3.05, 3.63) is 69.1 Å². The average molecular weight is 338 g/mol. The van der Waals surface area contributed by atoms with Gasteiger partial charge in [-0.3, -0.25) is 9.59 Å². The minimum absolute atomic E-state index is 0.145. The zero-order valence-electron chi connectivity index (χ0n) is 15.3. The number of rotatable bonds is 5. The molecule has 0 bridgehead atoms. The van der Waals surface area contributed by atoms with Crippen molar-refractivity contribution in [2.45, 2.75) is 39.7 Å². The lowest BCUT2D eigenvalue weighted by Gasteiger charge is -2.33. The molecule has 0 radical (unpaired) electrons. The van der Waals surface area contributed by atoms with Gasteiger partial charge in [-0.25, -0.2) is 0 Å². The van der Waals surface area contributed by atoms with Crippen molar-refractivity contribution >= 4 is 5.91 Å². The number of nitrogens with zero attached hydrogens (tertiary/aromatic N) is 2. The lowest BCUT2D eigenvalue weighted by molar-refractivity contribution is 0.0676. The molecule has 1 aromatic heterocycles. The molecule has 25 heavy (non-hydrogen) atoms. The first-order chi connectivity index (χ1) is 12.0. The first kappa shape index (κ1) is 17.5. The number of pyridine rings is 1. The molecule has 0 unspecified atom stereocenters. The first-order valence-corrected chi connectivity index (χ1v) is 8.98. The number of hydrogen-bond acceptors (Lipinski definition) is 2. The third kappa shape index (κ3) is 3.68. The molecule has 1 aromatic carbocycles. The molecule has 0 saturated heterocycles. The van der Waals surface area contributed by atoms with Gasteiger partial charge in [0.2, 0.25) is 0 Å². The molecular weight excluding hydrogens is 312 g/mol. The van der Waals surface area contributed by atoms with Crippen LogP contribution in [0.15, 0.2) is 41.2 Å². The monoisotopic (exact) mass is 338 g/mol. The molecule has 4 nitrogen and oxygen atoms in total. The third-order valence-electron chi connectivity index (χ3n) is 5.29. The van der Waals surface area contributed by atoms with Gasteiger partial charge in [-0.15, -0.1) is 0 Å². The largest absolute Gasteiger partial charge is 0.334 e. The molecule has 3 rings (SSSR count). The van der Waals surface area contributed by atoms with Crippen molar-refractivity contribution in [3.63, 3.8) is 0 Å². The van der Waals surface area contributed by atoms with Gasteiger partial charge < -0.3 is 9.47 Å². The molecule has 1 amide bonds. The van der Waals surface area contributed by atoms with E-state index in [0.29, 0.717) is 18.0 Å². The quantitative estimate of drug-likeness (QED) is 0.838. The maximum Gasteiger partial charge on any atom is 0.263 e. The third-order valence-corrected chi connectivity index (χ3v) is 5.29. The Morgan fingerprint density at radius 3 is 2.48 bits per heavy atom. The second kappa shape index (κ2) is 7.26. The number of hydrogen-bond donors (Lipinski definition) is 0. The molecule has 1 fully saturated rings. The first-order valence-electron chi connectivity index (χ1n) is 8.98. The molecule has 1 heterocycles. The molecule has 1 saturated carbocycles. The molecule has 0 aliphatic heterocycles. The van der Waals surface area contributed by atoms with E-state index in [1.807, 2.05) is 55.1 Å². The van der Waals surface area contributed by atoms with Gasteiger partial charge in [-0.05, 0) is 49.8 Å². The fourth-order valence-corrected chi connectivity index (χ4v) is 3.41. The summed E-state index contributed by atoms with van der Waals surface area (Å²) < 4.78 is 1.56. The van der Waals surface area contributed by atoms with Gasteiger partial charge in [-0.2, -0.15) is 0 Å². The van der Waals surface area contributed by atoms with Crippen molar-refractivity contribution in [2.75, 3.05) is 6.54 Å². The number of carbonyl (C=O) groups is 1. The summed E-state index contributed by atoms with van der Waals surface area (Å²) in [6.45, 7) is 5.02. The summed E-state index contributed by atoms with van der Waals surface area (Å²) >= 11 is 0. The summed E-state index contributed by atoms with van der Waals surface area (Å²) in [5.74, 6) is 0.413. The highest BCUT2D eigenvalue weighted by atomic mass is 16.2. The second-order valence-corrected chi connectivity index (χ2v) is 7.18. The molecule has 0 N–H and O–H groups in total. The van der Waals surface area contributed by atoms with Gasteiger partial charge in [0.15, 0.2) is 0 Å². The van der Waals surface area contributed by atoms with Gasteiger partial charge in [-0.1, -0.05) is 36.8 Å². The number of amides is 1. The van der Waals surface area contributed by atoms with Crippen molar-refractivity contribution in [1.29, 1.82) is 0 Å². The van der Waals surface area contributed by atoms with Gasteiger partial charge >= 0.3 is 0 Å². The van der Waals surface area contributed by atoms with Crippen LogP contribution in [0.4, 0.5) is 0 Å². The van der Waals surface area contributed by atoms with E-state index < -0.39 is 0 Å². The highest BCUT2D eigenvalue weighted by molar-refractivity contribution is 5.95. The van der Waals surface area contributed by atoms with Crippen LogP contribution in [0, 0.1) is 19.8 Å². The summed E-state index contributed by atoms with van der Waals surface area (Å²) in [6.07, 6.45) is 3.58. The highest BCUT2D eigenvalue weighted by Crippen LogP contribution is 2.28. The normalized spacial score (nSPS) is 14.2. The van der Waals surface area contributed by atoms with Crippen LogP contribution in [0.2, 0.25) is 0 Å². The van der Waals surface area contributed by atoms with E-state index in [1.165, 1.54) is 19.3 Å². The van der Waals surface area contributed by atoms with Crippen LogP contribution in [0.1, 0.15) is 46.4 Å². The number of aromatic nitrogens is 1. The molecule has 2 aromatic rings. The van der Waals surface area contributed by atoms with Crippen LogP contribution in [0.3, 0.4) is 0 Å². The zero-order chi connectivity index (χ0) is 18.0. The second-order valence-electron chi connectivity index (χ2n) is 7.18. The van der Waals surface area contributed by atoms with E-state index in [-0.39, 0.29) is 11.5 Å². The molecule has 4 heteroatoms. The van der Waals surface area contributed by atoms with Crippen LogP contribution in [0.5, 0.6) is 0 Å². The summed E-state index contributed by atoms with van der Waals surface area (Å²) in [5.41, 5.74) is 2.83. The SMILES string of the molecule is Cc1cc(C)n(C)c(=O)c1C(=O)N(Cc1ccccc1)CC1CCC1. The fraction of sp³-hybridized carbons (Fsp3) is 0.429. The Labute approximate surface area is 149 Å². The minimum atomic E-state index is -0.200. The molecular formula is C21H26N2O2. The predicted octanol–water partition coefficient (Wildman–Crippen LogP) is 3.44. The predicted molar refractivity (Wildman–Crippen MR) is 99.7 cm³/mol. The van der Waals surface area contributed by atoms with Gasteiger partial charge in [0.05, 0.1) is 0 Å². The van der Waals surface area contributed by atoms with Crippen LogP contribution >= 0.6 is 0 Å². The van der Waals surface area contributed by atoms with E-state index >= 15 is 0 Å². The van der Waals surface area contributed by atoms with E-state index in [2.05, 4.69) is 0 Å². The molecule has 132 valence electrons. The van der Waals surface area contributed by atoms with Crippen LogP contribution < -0.4 is 5.56 Å². The average Bonchev–Trinajstić information content (AvgIpc) is 2.55. The molecule has 1 aliphatic carbocycles. The summed E-state index contributed by atoms with van der Waals surface area (Å²) in [7, 11) is 1.72. The van der Waals surface area contributed by atoms with Crippen molar-refractivity contribution in [1.82, 2.24) is 9.47 Å². The van der Waals surface area contributed by atoms with Crippen LogP contribution in [-0.2, 0) is 13.6 Å². The Morgan fingerprint density at radius 1 is 1.20 bits per heavy atom. The minimum Gasteiger partial charge on any atom is -0.334 e. The highest BCUT2D eigenvalue weighted by Gasteiger charge is 2.27. The summed E-state index contributed by atoms with van der Waals surface area (Å²) in [5, 5.41) is 0. The standard InChI is InChI=1S/C21H26N2O2/c1-15-12-16(2)22(3)20(24)19(15)21(25)23(14-18-10-7-11-18)13-17-8-5-4-6-9-17/h4-6,8-9,12,18H,7,10-11,13-14H2,1-3H3. The van der Waals surface area contributed by atoms with Crippen molar-refractivity contribution in [3.8, 4) is 0 Å². The van der Waals surface area contributed by atoms with E-state index in [9.17, 15) is 9.59 Å². The topological polar surface area (TPSA) is 42.3 Å². The lowest BCUT2D eigenvalue weighted by Crippen LogP contribution is -2.41. The number of benzene rings is 1. The van der Waals surface area contributed by atoms with Crippen LogP contribution in [-0.4, -0.2) is 21.9 Å². The van der Waals surface area contributed by atoms with E-state index in [1.54, 1.807) is 11.6 Å². The zero-order valence-corrected chi connectivity index (χ0v) is 15.3. The molecule has 0 atom stereocenters. The maximum absolute atomic E-state index is 13.2. The Hall–Kier alpha value is -2.36. The van der Waals surface area contributed by atoms with Gasteiger partial charge in [0.1, 0.15) is 5.56 Å². The lowest BCUT2D eigenvalue weighted by atomic mass is 9.85. The Morgan fingerprint density at radius 2 is 1.88 bits per heavy atom. The number of carbonyl (C=O) groups excluding carboxylic acids is 1. The Bertz CT molecular complexity index is 820. The van der Waals surface area contributed by atoms with Crippen molar-refractivity contribution in [2.24, 2.45) is 13.0 Å². The summed E-state index contributed by atoms with van der Waals surface area (Å²) in [4.78, 5) is 27.8. The Balaban J connectivity index is 1.93. The van der Waals surface area contributed by atoms with Crippen LogP contribution in [0.25, 0.3) is 0 Å². The Kier molecular flexibility index (Phi) is 5.07. The van der Waals surface area contributed by atoms with Gasteiger partial charge in [0.25, 0.3) is 11.5 Å². The fourth-order valence-electron chi connectivity index (χ4n) is 3.41. The van der Waals surface area contributed by atoms with E-state index in [4.69, 9.17) is 0 Å². The maximum atomic E-state index is 13.2. The smallest absolute Gasteiger partial charge is 0.263 e. The van der Waals surface area contributed by atoms with Crippen molar-refractivity contribution < 1.29 is 4.79 Å². The summed E-state index contributed by atoms with van der Waals surface area (Å²) in [6, 6.07) is 11.9. The number of aryl methyl sites for hydroxylation is 2. The molecule has 0 spiro atoms.